The Morgan fingerprint density at radius 1 is 1.09 bits per heavy atom. The van der Waals surface area contributed by atoms with Crippen LogP contribution < -0.4 is 5.32 Å². The highest BCUT2D eigenvalue weighted by Crippen LogP contribution is 2.20. The van der Waals surface area contributed by atoms with Gasteiger partial charge in [-0.15, -0.1) is 0 Å². The third-order valence-corrected chi connectivity index (χ3v) is 3.19. The number of amides is 1. The number of carbonyl (C=O) groups is 2. The molecular formula is C16H14N2O4. The van der Waals surface area contributed by atoms with Gasteiger partial charge < -0.3 is 5.32 Å². The molecule has 6 heteroatoms. The van der Waals surface area contributed by atoms with Crippen molar-refractivity contribution in [2.24, 2.45) is 0 Å². The molecule has 0 radical (unpaired) electrons. The quantitative estimate of drug-likeness (QED) is 0.532. The van der Waals surface area contributed by atoms with Crippen LogP contribution in [0.2, 0.25) is 0 Å². The van der Waals surface area contributed by atoms with E-state index in [1.807, 2.05) is 0 Å². The summed E-state index contributed by atoms with van der Waals surface area (Å²) in [6.45, 7) is 3.04. The monoisotopic (exact) mass is 298 g/mol. The molecule has 0 aliphatic rings. The van der Waals surface area contributed by atoms with Crippen LogP contribution in [-0.2, 0) is 0 Å². The largest absolute Gasteiger partial charge is 0.322 e. The average molecular weight is 298 g/mol. The Balaban J connectivity index is 2.26. The summed E-state index contributed by atoms with van der Waals surface area (Å²) >= 11 is 0. The average Bonchev–Trinajstić information content (AvgIpc) is 2.47. The van der Waals surface area contributed by atoms with E-state index in [1.54, 1.807) is 31.2 Å². The first-order valence-corrected chi connectivity index (χ1v) is 6.56. The zero-order valence-corrected chi connectivity index (χ0v) is 12.1. The van der Waals surface area contributed by atoms with Crippen LogP contribution >= 0.6 is 0 Å². The van der Waals surface area contributed by atoms with E-state index >= 15 is 0 Å². The fourth-order valence-electron chi connectivity index (χ4n) is 1.97. The fourth-order valence-corrected chi connectivity index (χ4v) is 1.97. The van der Waals surface area contributed by atoms with Crippen molar-refractivity contribution in [3.05, 3.63) is 69.3 Å². The maximum atomic E-state index is 12.2. The number of nitro groups is 1. The number of hydrogen-bond acceptors (Lipinski definition) is 4. The van der Waals surface area contributed by atoms with E-state index in [1.165, 1.54) is 25.1 Å². The minimum Gasteiger partial charge on any atom is -0.322 e. The number of nitrogens with zero attached hydrogens (tertiary/aromatic N) is 1. The summed E-state index contributed by atoms with van der Waals surface area (Å²) in [5.74, 6) is -0.578. The molecule has 0 saturated heterocycles. The number of nitrogens with one attached hydrogen (secondary N) is 1. The first-order valence-electron chi connectivity index (χ1n) is 6.56. The lowest BCUT2D eigenvalue weighted by atomic mass is 10.1. The number of hydrogen-bond donors (Lipinski definition) is 1. The lowest BCUT2D eigenvalue weighted by Crippen LogP contribution is -2.12. The van der Waals surface area contributed by atoms with Crippen molar-refractivity contribution < 1.29 is 14.5 Å². The molecule has 112 valence electrons. The predicted octanol–water partition coefficient (Wildman–Crippen LogP) is 3.36. The highest BCUT2D eigenvalue weighted by molar-refractivity contribution is 6.05. The van der Waals surface area contributed by atoms with Gasteiger partial charge in [-0.05, 0) is 32.0 Å². The van der Waals surface area contributed by atoms with Crippen molar-refractivity contribution >= 4 is 23.1 Å². The molecule has 2 aromatic rings. The van der Waals surface area contributed by atoms with Crippen molar-refractivity contribution in [1.29, 1.82) is 0 Å². The van der Waals surface area contributed by atoms with Gasteiger partial charge in [0.15, 0.2) is 5.78 Å². The Kier molecular flexibility index (Phi) is 4.31. The van der Waals surface area contributed by atoms with Gasteiger partial charge in [-0.1, -0.05) is 18.2 Å². The molecule has 0 aliphatic carbocycles. The molecule has 22 heavy (non-hydrogen) atoms. The Labute approximate surface area is 126 Å². The van der Waals surface area contributed by atoms with Gasteiger partial charge in [0.25, 0.3) is 11.6 Å². The molecular weight excluding hydrogens is 284 g/mol. The Morgan fingerprint density at radius 2 is 1.82 bits per heavy atom. The number of rotatable bonds is 4. The van der Waals surface area contributed by atoms with E-state index in [0.29, 0.717) is 16.8 Å². The van der Waals surface area contributed by atoms with Gasteiger partial charge in [0.1, 0.15) is 0 Å². The van der Waals surface area contributed by atoms with Crippen LogP contribution in [0.1, 0.15) is 33.2 Å². The molecule has 0 aromatic heterocycles. The molecule has 6 nitrogen and oxygen atoms in total. The number of aryl methyl sites for hydroxylation is 1. The summed E-state index contributed by atoms with van der Waals surface area (Å²) in [4.78, 5) is 33.9. The summed E-state index contributed by atoms with van der Waals surface area (Å²) in [7, 11) is 0. The van der Waals surface area contributed by atoms with Gasteiger partial charge in [-0.2, -0.15) is 0 Å². The molecule has 0 heterocycles. The maximum absolute atomic E-state index is 12.2. The molecule has 1 amide bonds. The summed E-state index contributed by atoms with van der Waals surface area (Å²) in [6.07, 6.45) is 0. The highest BCUT2D eigenvalue weighted by atomic mass is 16.6. The lowest BCUT2D eigenvalue weighted by Gasteiger charge is -2.07. The molecule has 1 N–H and O–H groups in total. The third-order valence-electron chi connectivity index (χ3n) is 3.19. The fraction of sp³-hybridized carbons (Fsp3) is 0.125. The zero-order valence-electron chi connectivity index (χ0n) is 12.1. The van der Waals surface area contributed by atoms with E-state index in [-0.39, 0.29) is 17.0 Å². The number of Topliss-reactive ketones (excluding diaryl/α,β-unsaturated/α-hetero) is 1. The van der Waals surface area contributed by atoms with Crippen LogP contribution in [0.5, 0.6) is 0 Å². The minimum absolute atomic E-state index is 0.106. The summed E-state index contributed by atoms with van der Waals surface area (Å²) in [6, 6.07) is 10.8. The Hall–Kier alpha value is -3.02. The summed E-state index contributed by atoms with van der Waals surface area (Å²) in [5.41, 5.74) is 1.50. The van der Waals surface area contributed by atoms with Crippen molar-refractivity contribution in [1.82, 2.24) is 0 Å². The summed E-state index contributed by atoms with van der Waals surface area (Å²) in [5, 5.41) is 13.5. The Bertz CT molecular complexity index is 768. The number of carbonyl (C=O) groups excluding carboxylic acids is 2. The minimum atomic E-state index is -0.525. The molecule has 2 rings (SSSR count). The second kappa shape index (κ2) is 6.17. The maximum Gasteiger partial charge on any atom is 0.273 e. The smallest absolute Gasteiger partial charge is 0.273 e. The molecule has 0 aliphatic heterocycles. The third kappa shape index (κ3) is 3.35. The molecule has 0 saturated carbocycles. The second-order valence-electron chi connectivity index (χ2n) is 4.85. The standard InChI is InChI=1S/C16H14N2O4/c1-10-6-7-13(9-15(10)18(21)22)16(20)17-14-5-3-4-12(8-14)11(2)19/h3-9H,1-2H3,(H,17,20). The van der Waals surface area contributed by atoms with Gasteiger partial charge in [-0.3, -0.25) is 19.7 Å². The van der Waals surface area contributed by atoms with Crippen LogP contribution in [0.4, 0.5) is 11.4 Å². The van der Waals surface area contributed by atoms with Crippen LogP contribution in [-0.4, -0.2) is 16.6 Å². The van der Waals surface area contributed by atoms with Crippen molar-refractivity contribution in [3.63, 3.8) is 0 Å². The normalized spacial score (nSPS) is 10.1. The van der Waals surface area contributed by atoms with Gasteiger partial charge in [0, 0.05) is 28.4 Å². The van der Waals surface area contributed by atoms with Crippen LogP contribution in [0, 0.1) is 17.0 Å². The Morgan fingerprint density at radius 3 is 2.45 bits per heavy atom. The number of nitro benzene ring substituents is 1. The number of anilines is 1. The summed E-state index contributed by atoms with van der Waals surface area (Å²) < 4.78 is 0. The van der Waals surface area contributed by atoms with E-state index in [9.17, 15) is 19.7 Å². The van der Waals surface area contributed by atoms with Crippen molar-refractivity contribution in [3.8, 4) is 0 Å². The molecule has 0 spiro atoms. The molecule has 0 fully saturated rings. The second-order valence-corrected chi connectivity index (χ2v) is 4.85. The van der Waals surface area contributed by atoms with Gasteiger partial charge in [0.05, 0.1) is 4.92 Å². The van der Waals surface area contributed by atoms with E-state index in [0.717, 1.165) is 0 Å². The molecule has 0 atom stereocenters. The lowest BCUT2D eigenvalue weighted by molar-refractivity contribution is -0.385. The predicted molar refractivity (Wildman–Crippen MR) is 82.2 cm³/mol. The topological polar surface area (TPSA) is 89.3 Å². The first kappa shape index (κ1) is 15.4. The van der Waals surface area contributed by atoms with E-state index < -0.39 is 10.8 Å². The van der Waals surface area contributed by atoms with Gasteiger partial charge in [-0.25, -0.2) is 0 Å². The van der Waals surface area contributed by atoms with E-state index in [2.05, 4.69) is 5.32 Å². The molecule has 0 bridgehead atoms. The molecule has 2 aromatic carbocycles. The highest BCUT2D eigenvalue weighted by Gasteiger charge is 2.15. The number of benzene rings is 2. The van der Waals surface area contributed by atoms with Gasteiger partial charge in [0.2, 0.25) is 0 Å². The van der Waals surface area contributed by atoms with E-state index in [4.69, 9.17) is 0 Å². The van der Waals surface area contributed by atoms with Crippen LogP contribution in [0.25, 0.3) is 0 Å². The van der Waals surface area contributed by atoms with Crippen LogP contribution in [0.15, 0.2) is 42.5 Å². The molecule has 0 unspecified atom stereocenters. The number of ketones is 1. The van der Waals surface area contributed by atoms with Crippen molar-refractivity contribution in [2.75, 3.05) is 5.32 Å². The SMILES string of the molecule is CC(=O)c1cccc(NC(=O)c2ccc(C)c([N+](=O)[O-])c2)c1. The van der Waals surface area contributed by atoms with Crippen molar-refractivity contribution in [2.45, 2.75) is 13.8 Å². The van der Waals surface area contributed by atoms with Gasteiger partial charge >= 0.3 is 0 Å². The first-order chi connectivity index (χ1) is 10.4. The van der Waals surface area contributed by atoms with Crippen LogP contribution in [0.3, 0.4) is 0 Å². The zero-order chi connectivity index (χ0) is 16.3.